The number of aliphatic hydroxyl groups excluding tert-OH is 1. The fourth-order valence-electron chi connectivity index (χ4n) is 4.95. The summed E-state index contributed by atoms with van der Waals surface area (Å²) in [5.41, 5.74) is 1.66. The topological polar surface area (TPSA) is 58.6 Å². The molecule has 4 nitrogen and oxygen atoms in total. The zero-order chi connectivity index (χ0) is 15.7. The van der Waals surface area contributed by atoms with Gasteiger partial charge in [0.15, 0.2) is 0 Å². The lowest BCUT2D eigenvalue weighted by Crippen LogP contribution is -2.45. The highest BCUT2D eigenvalue weighted by Gasteiger charge is 2.54. The van der Waals surface area contributed by atoms with E-state index in [0.717, 1.165) is 32.2 Å². The molecule has 1 unspecified atom stereocenters. The summed E-state index contributed by atoms with van der Waals surface area (Å²) < 4.78 is 5.73. The van der Waals surface area contributed by atoms with Gasteiger partial charge in [0.1, 0.15) is 6.10 Å². The van der Waals surface area contributed by atoms with Gasteiger partial charge in [0.2, 0.25) is 0 Å². The van der Waals surface area contributed by atoms with Crippen molar-refractivity contribution in [3.05, 3.63) is 12.2 Å². The third-order valence-electron chi connectivity index (χ3n) is 6.20. The quantitative estimate of drug-likeness (QED) is 0.465. The first-order chi connectivity index (χ1) is 10.5. The Morgan fingerprint density at radius 1 is 1.50 bits per heavy atom. The van der Waals surface area contributed by atoms with Gasteiger partial charge in [0, 0.05) is 19.1 Å². The van der Waals surface area contributed by atoms with Crippen LogP contribution in [0.2, 0.25) is 0 Å². The van der Waals surface area contributed by atoms with Crippen LogP contribution in [0.1, 0.15) is 45.4 Å². The number of ether oxygens (including phenoxy) is 1. The Labute approximate surface area is 133 Å². The van der Waals surface area contributed by atoms with Crippen molar-refractivity contribution in [3.8, 4) is 0 Å². The monoisotopic (exact) mass is 307 g/mol. The molecule has 0 radical (unpaired) electrons. The van der Waals surface area contributed by atoms with E-state index in [-0.39, 0.29) is 30.0 Å². The molecule has 0 aromatic rings. The second-order valence-corrected chi connectivity index (χ2v) is 7.69. The van der Waals surface area contributed by atoms with Crippen molar-refractivity contribution in [1.82, 2.24) is 5.32 Å². The maximum absolute atomic E-state index is 12.3. The second kappa shape index (κ2) is 6.32. The van der Waals surface area contributed by atoms with Crippen molar-refractivity contribution in [2.75, 3.05) is 19.7 Å². The highest BCUT2D eigenvalue weighted by atomic mass is 16.6. The molecule has 2 saturated carbocycles. The van der Waals surface area contributed by atoms with E-state index in [1.54, 1.807) is 0 Å². The number of nitrogens with one attached hydrogen (secondary N) is 1. The zero-order valence-corrected chi connectivity index (χ0v) is 13.6. The maximum atomic E-state index is 12.3. The van der Waals surface area contributed by atoms with Crippen LogP contribution in [-0.2, 0) is 9.53 Å². The van der Waals surface area contributed by atoms with Crippen LogP contribution in [0, 0.1) is 23.2 Å². The standard InChI is InChI=1S/C18H29NO3/c1-12-5-3-6-18(2)10-16-13(9-15(12)18)14(17(21)22-16)11-19-7-4-8-20/h13-16,19-20H,1,3-11H2,2H3/t13-,14?,15+,16-,18-/m1/s1. The fourth-order valence-corrected chi connectivity index (χ4v) is 4.95. The molecule has 1 aliphatic heterocycles. The molecule has 2 aliphatic carbocycles. The van der Waals surface area contributed by atoms with Crippen molar-refractivity contribution in [3.63, 3.8) is 0 Å². The number of aliphatic hydroxyl groups is 1. The summed E-state index contributed by atoms with van der Waals surface area (Å²) in [5, 5.41) is 12.1. The van der Waals surface area contributed by atoms with E-state index in [1.165, 1.54) is 18.4 Å². The summed E-state index contributed by atoms with van der Waals surface area (Å²) in [6.45, 7) is 8.30. The summed E-state index contributed by atoms with van der Waals surface area (Å²) in [6.07, 6.45) is 6.49. The Hall–Kier alpha value is -0.870. The number of carbonyl (C=O) groups is 1. The van der Waals surface area contributed by atoms with Crippen LogP contribution in [0.3, 0.4) is 0 Å². The first kappa shape index (κ1) is 16.0. The molecule has 0 bridgehead atoms. The SMILES string of the molecule is C=C1CCC[C@]2(C)C[C@H]3OC(=O)C(CNCCCO)[C@H]3C[C@@H]12. The largest absolute Gasteiger partial charge is 0.462 e. The van der Waals surface area contributed by atoms with Crippen molar-refractivity contribution in [1.29, 1.82) is 0 Å². The first-order valence-electron chi connectivity index (χ1n) is 8.75. The Balaban J connectivity index is 1.67. The van der Waals surface area contributed by atoms with E-state index in [2.05, 4.69) is 18.8 Å². The van der Waals surface area contributed by atoms with Gasteiger partial charge < -0.3 is 15.2 Å². The van der Waals surface area contributed by atoms with E-state index < -0.39 is 0 Å². The van der Waals surface area contributed by atoms with Crippen LogP contribution in [-0.4, -0.2) is 36.9 Å². The number of hydrogen-bond donors (Lipinski definition) is 2. The third-order valence-corrected chi connectivity index (χ3v) is 6.20. The summed E-state index contributed by atoms with van der Waals surface area (Å²) in [7, 11) is 0. The van der Waals surface area contributed by atoms with E-state index in [0.29, 0.717) is 18.4 Å². The van der Waals surface area contributed by atoms with E-state index in [1.807, 2.05) is 0 Å². The number of allylic oxidation sites excluding steroid dienone is 1. The maximum Gasteiger partial charge on any atom is 0.310 e. The van der Waals surface area contributed by atoms with Crippen molar-refractivity contribution in [2.24, 2.45) is 23.2 Å². The molecule has 3 aliphatic rings. The predicted octanol–water partition coefficient (Wildman–Crippen LogP) is 2.27. The lowest BCUT2D eigenvalue weighted by molar-refractivity contribution is -0.146. The third kappa shape index (κ3) is 2.83. The predicted molar refractivity (Wildman–Crippen MR) is 85.3 cm³/mol. The average Bonchev–Trinajstić information content (AvgIpc) is 2.76. The minimum atomic E-state index is -0.0284. The van der Waals surface area contributed by atoms with Crippen molar-refractivity contribution < 1.29 is 14.6 Å². The van der Waals surface area contributed by atoms with E-state index >= 15 is 0 Å². The number of hydrogen-bond acceptors (Lipinski definition) is 4. The van der Waals surface area contributed by atoms with Gasteiger partial charge in [-0.25, -0.2) is 0 Å². The lowest BCUT2D eigenvalue weighted by atomic mass is 9.55. The van der Waals surface area contributed by atoms with Gasteiger partial charge >= 0.3 is 5.97 Å². The Morgan fingerprint density at radius 2 is 2.32 bits per heavy atom. The summed E-state index contributed by atoms with van der Waals surface area (Å²) >= 11 is 0. The molecule has 0 aromatic carbocycles. The van der Waals surface area contributed by atoms with Gasteiger partial charge in [0.25, 0.3) is 0 Å². The molecular weight excluding hydrogens is 278 g/mol. The summed E-state index contributed by atoms with van der Waals surface area (Å²) in [5.74, 6) is 0.835. The van der Waals surface area contributed by atoms with Crippen LogP contribution in [0.25, 0.3) is 0 Å². The molecular formula is C18H29NO3. The van der Waals surface area contributed by atoms with Crippen LogP contribution < -0.4 is 5.32 Å². The smallest absolute Gasteiger partial charge is 0.310 e. The van der Waals surface area contributed by atoms with Gasteiger partial charge in [-0.1, -0.05) is 19.1 Å². The normalized spacial score (nSPS) is 41.0. The number of esters is 1. The number of carbonyl (C=O) groups excluding carboxylic acids is 1. The van der Waals surface area contributed by atoms with E-state index in [9.17, 15) is 4.79 Å². The van der Waals surface area contributed by atoms with Gasteiger partial charge in [-0.05, 0) is 56.4 Å². The molecule has 3 fully saturated rings. The van der Waals surface area contributed by atoms with Crippen LogP contribution in [0.15, 0.2) is 12.2 Å². The Morgan fingerprint density at radius 3 is 3.09 bits per heavy atom. The lowest BCUT2D eigenvalue weighted by Gasteiger charge is -2.50. The molecule has 124 valence electrons. The molecule has 0 amide bonds. The van der Waals surface area contributed by atoms with Crippen LogP contribution in [0.5, 0.6) is 0 Å². The molecule has 2 N–H and O–H groups in total. The van der Waals surface area contributed by atoms with Gasteiger partial charge in [-0.2, -0.15) is 0 Å². The van der Waals surface area contributed by atoms with Gasteiger partial charge in [-0.15, -0.1) is 0 Å². The van der Waals surface area contributed by atoms with Crippen molar-refractivity contribution >= 4 is 5.97 Å². The molecule has 3 rings (SSSR count). The molecule has 0 spiro atoms. The van der Waals surface area contributed by atoms with Crippen LogP contribution >= 0.6 is 0 Å². The van der Waals surface area contributed by atoms with Gasteiger partial charge in [-0.3, -0.25) is 4.79 Å². The Kier molecular flexibility index (Phi) is 4.60. The Bertz CT molecular complexity index is 450. The molecule has 1 heterocycles. The first-order valence-corrected chi connectivity index (χ1v) is 8.75. The highest BCUT2D eigenvalue weighted by molar-refractivity contribution is 5.75. The summed E-state index contributed by atoms with van der Waals surface area (Å²) in [4.78, 5) is 12.3. The zero-order valence-electron chi connectivity index (χ0n) is 13.6. The molecule has 1 saturated heterocycles. The second-order valence-electron chi connectivity index (χ2n) is 7.69. The highest BCUT2D eigenvalue weighted by Crippen LogP contribution is 2.56. The minimum absolute atomic E-state index is 0.0250. The van der Waals surface area contributed by atoms with E-state index in [4.69, 9.17) is 9.84 Å². The van der Waals surface area contributed by atoms with Crippen LogP contribution in [0.4, 0.5) is 0 Å². The number of rotatable bonds is 5. The summed E-state index contributed by atoms with van der Waals surface area (Å²) in [6, 6.07) is 0. The molecule has 0 aromatic heterocycles. The molecule has 22 heavy (non-hydrogen) atoms. The average molecular weight is 307 g/mol. The number of fused-ring (bicyclic) bond motifs is 2. The van der Waals surface area contributed by atoms with Gasteiger partial charge in [0.05, 0.1) is 5.92 Å². The molecule has 4 heteroatoms. The fraction of sp³-hybridized carbons (Fsp3) is 0.833. The molecule has 5 atom stereocenters. The van der Waals surface area contributed by atoms with Crippen molar-refractivity contribution in [2.45, 2.75) is 51.6 Å². The minimum Gasteiger partial charge on any atom is -0.462 e.